The zero-order valence-electron chi connectivity index (χ0n) is 8.56. The Morgan fingerprint density at radius 1 is 1.50 bits per heavy atom. The van der Waals surface area contributed by atoms with Crippen molar-refractivity contribution < 1.29 is 4.48 Å². The molecule has 0 spiro atoms. The first-order chi connectivity index (χ1) is 8.41. The van der Waals surface area contributed by atoms with Gasteiger partial charge in [0.1, 0.15) is 0 Å². The van der Waals surface area contributed by atoms with E-state index < -0.39 is 16.6 Å². The summed E-state index contributed by atoms with van der Waals surface area (Å²) in [5, 5.41) is 3.75. The minimum Gasteiger partial charge on any atom is -0.262 e. The molecule has 1 aliphatic rings. The summed E-state index contributed by atoms with van der Waals surface area (Å²) in [5.41, 5.74) is -1.00. The summed E-state index contributed by atoms with van der Waals surface area (Å²) in [4.78, 5) is 10.5. The Balaban J connectivity index is 2.56. The van der Waals surface area contributed by atoms with Gasteiger partial charge in [-0.3, -0.25) is 4.57 Å². The van der Waals surface area contributed by atoms with Crippen LogP contribution in [-0.2, 0) is 0 Å². The van der Waals surface area contributed by atoms with Crippen LogP contribution < -0.4 is 5.69 Å². The van der Waals surface area contributed by atoms with Gasteiger partial charge in [0.2, 0.25) is 0 Å². The number of alkyl halides is 2. The van der Waals surface area contributed by atoms with Crippen molar-refractivity contribution in [3.63, 3.8) is 0 Å². The molecule has 0 bridgehead atoms. The molecule has 0 amide bonds. The van der Waals surface area contributed by atoms with E-state index in [1.807, 2.05) is 0 Å². The lowest BCUT2D eigenvalue weighted by Crippen LogP contribution is -2.29. The monoisotopic (exact) mass is 327 g/mol. The Morgan fingerprint density at radius 2 is 2.17 bits per heavy atom. The summed E-state index contributed by atoms with van der Waals surface area (Å²) in [6.07, 6.45) is 4.59. The Labute approximate surface area is 121 Å². The Morgan fingerprint density at radius 3 is 2.72 bits per heavy atom. The molecule has 1 atom stereocenters. The molecule has 0 aromatic carbocycles. The summed E-state index contributed by atoms with van der Waals surface area (Å²) in [7, 11) is 0. The fourth-order valence-electron chi connectivity index (χ4n) is 1.54. The molecule has 1 unspecified atom stereocenters. The molecule has 0 saturated heterocycles. The van der Waals surface area contributed by atoms with Crippen LogP contribution in [0.1, 0.15) is 16.7 Å². The summed E-state index contributed by atoms with van der Waals surface area (Å²) in [6.45, 7) is 0. The Bertz CT molecular complexity index is 619. The van der Waals surface area contributed by atoms with Crippen molar-refractivity contribution in [1.29, 1.82) is 0 Å². The van der Waals surface area contributed by atoms with Crippen LogP contribution in [0.25, 0.3) is 0 Å². The second-order valence-corrected chi connectivity index (χ2v) is 5.41. The van der Waals surface area contributed by atoms with E-state index in [1.165, 1.54) is 6.08 Å². The molecule has 1 aliphatic carbocycles. The largest absolute Gasteiger partial charge is 0.376 e. The zero-order valence-corrected chi connectivity index (χ0v) is 11.6. The summed E-state index contributed by atoms with van der Waals surface area (Å²) >= 11 is 22.1. The maximum Gasteiger partial charge on any atom is 0.376 e. The number of nitrogens with zero attached hydrogens (tertiary/aromatic N) is 3. The highest BCUT2D eigenvalue weighted by molar-refractivity contribution is 7.80. The summed E-state index contributed by atoms with van der Waals surface area (Å²) < 4.78 is 14.2. The topological polar surface area (TPSA) is 39.8 Å². The highest BCUT2D eigenvalue weighted by atomic mass is 35.5. The SMILES string of the molecule is O=c1n(F)nc(C(Cl)Cl)n1C1C=CC(Cl)=CC1=S. The van der Waals surface area contributed by atoms with Crippen molar-refractivity contribution >= 4 is 51.9 Å². The fourth-order valence-corrected chi connectivity index (χ4v) is 2.40. The molecule has 0 fully saturated rings. The van der Waals surface area contributed by atoms with Crippen molar-refractivity contribution in [2.75, 3.05) is 0 Å². The third-order valence-corrected chi connectivity index (χ3v) is 3.27. The van der Waals surface area contributed by atoms with E-state index in [0.717, 1.165) is 4.57 Å². The van der Waals surface area contributed by atoms with E-state index in [9.17, 15) is 9.28 Å². The van der Waals surface area contributed by atoms with E-state index >= 15 is 0 Å². The van der Waals surface area contributed by atoms with Crippen LogP contribution >= 0.6 is 47.0 Å². The molecule has 0 radical (unpaired) electrons. The van der Waals surface area contributed by atoms with E-state index in [4.69, 9.17) is 47.0 Å². The lowest BCUT2D eigenvalue weighted by molar-refractivity contribution is 0.297. The molecule has 2 rings (SSSR count). The molecular formula is C9H5Cl3FN3OS. The van der Waals surface area contributed by atoms with Crippen LogP contribution in [0.15, 0.2) is 28.1 Å². The number of hydrogen-bond acceptors (Lipinski definition) is 3. The maximum absolute atomic E-state index is 13.2. The van der Waals surface area contributed by atoms with E-state index in [2.05, 4.69) is 5.10 Å². The van der Waals surface area contributed by atoms with Crippen LogP contribution in [-0.4, -0.2) is 19.4 Å². The zero-order chi connectivity index (χ0) is 13.4. The molecule has 0 saturated carbocycles. The molecule has 4 nitrogen and oxygen atoms in total. The lowest BCUT2D eigenvalue weighted by atomic mass is 10.1. The molecule has 1 aromatic heterocycles. The van der Waals surface area contributed by atoms with Crippen LogP contribution in [0.4, 0.5) is 4.48 Å². The first kappa shape index (κ1) is 13.7. The molecule has 1 heterocycles. The predicted octanol–water partition coefficient (Wildman–Crippen LogP) is 2.86. The highest BCUT2D eigenvalue weighted by Crippen LogP contribution is 2.27. The third-order valence-electron chi connectivity index (χ3n) is 2.28. The van der Waals surface area contributed by atoms with Crippen LogP contribution in [0.3, 0.4) is 0 Å². The lowest BCUT2D eigenvalue weighted by Gasteiger charge is -2.17. The number of halogens is 4. The second-order valence-electron chi connectivity index (χ2n) is 3.41. The van der Waals surface area contributed by atoms with Crippen LogP contribution in [0, 0.1) is 0 Å². The quantitative estimate of drug-likeness (QED) is 0.619. The summed E-state index contributed by atoms with van der Waals surface area (Å²) in [6, 6.07) is -0.686. The molecule has 0 aliphatic heterocycles. The van der Waals surface area contributed by atoms with Gasteiger partial charge in [0.15, 0.2) is 10.7 Å². The molecule has 18 heavy (non-hydrogen) atoms. The maximum atomic E-state index is 13.2. The number of rotatable bonds is 2. The number of thiocarbonyl (C=S) groups is 1. The third kappa shape index (κ3) is 2.38. The highest BCUT2D eigenvalue weighted by Gasteiger charge is 2.26. The number of allylic oxidation sites excluding steroid dienone is 4. The van der Waals surface area contributed by atoms with E-state index in [1.54, 1.807) is 12.2 Å². The van der Waals surface area contributed by atoms with Crippen LogP contribution in [0.5, 0.6) is 0 Å². The molecule has 96 valence electrons. The van der Waals surface area contributed by atoms with Crippen molar-refractivity contribution in [2.45, 2.75) is 10.9 Å². The van der Waals surface area contributed by atoms with Gasteiger partial charge in [-0.05, 0) is 17.1 Å². The van der Waals surface area contributed by atoms with Crippen LogP contribution in [0.2, 0.25) is 0 Å². The van der Waals surface area contributed by atoms with Gasteiger partial charge in [0, 0.05) is 9.90 Å². The molecule has 1 aromatic rings. The number of hydrogen-bond donors (Lipinski definition) is 0. The summed E-state index contributed by atoms with van der Waals surface area (Å²) in [5.74, 6) is -0.116. The second kappa shape index (κ2) is 5.13. The Hall–Kier alpha value is -0.690. The smallest absolute Gasteiger partial charge is 0.262 e. The van der Waals surface area contributed by atoms with Gasteiger partial charge in [-0.25, -0.2) is 4.79 Å². The van der Waals surface area contributed by atoms with E-state index in [-0.39, 0.29) is 10.7 Å². The average Bonchev–Trinajstić information content (AvgIpc) is 2.57. The van der Waals surface area contributed by atoms with Gasteiger partial charge < -0.3 is 0 Å². The normalized spacial score (nSPS) is 19.5. The van der Waals surface area contributed by atoms with Gasteiger partial charge in [-0.15, -0.1) is 5.10 Å². The van der Waals surface area contributed by atoms with Gasteiger partial charge in [0.25, 0.3) is 0 Å². The first-order valence-corrected chi connectivity index (χ1v) is 6.32. The van der Waals surface area contributed by atoms with Crippen molar-refractivity contribution in [1.82, 2.24) is 14.6 Å². The minimum atomic E-state index is -1.15. The standard InChI is InChI=1S/C9H5Cl3FN3OS/c10-4-1-2-5(6(18)3-4)15-8(7(11)12)14-16(13)9(15)17/h1-3,5,7H. The molecular weight excluding hydrogens is 324 g/mol. The van der Waals surface area contributed by atoms with Gasteiger partial charge in [-0.1, -0.05) is 57.6 Å². The van der Waals surface area contributed by atoms with Gasteiger partial charge in [0.05, 0.1) is 6.04 Å². The van der Waals surface area contributed by atoms with Crippen molar-refractivity contribution in [3.8, 4) is 0 Å². The number of aromatic nitrogens is 3. The van der Waals surface area contributed by atoms with Crippen molar-refractivity contribution in [2.24, 2.45) is 0 Å². The molecule has 9 heteroatoms. The van der Waals surface area contributed by atoms with Crippen molar-refractivity contribution in [3.05, 3.63) is 39.6 Å². The van der Waals surface area contributed by atoms with Gasteiger partial charge in [-0.2, -0.15) is 0 Å². The van der Waals surface area contributed by atoms with E-state index in [0.29, 0.717) is 9.90 Å². The first-order valence-electron chi connectivity index (χ1n) is 4.67. The molecule has 0 N–H and O–H groups in total. The Kier molecular flexibility index (Phi) is 3.91. The average molecular weight is 329 g/mol. The van der Waals surface area contributed by atoms with Gasteiger partial charge >= 0.3 is 5.69 Å². The predicted molar refractivity (Wildman–Crippen MR) is 72.2 cm³/mol. The minimum absolute atomic E-state index is 0.116. The fraction of sp³-hybridized carbons (Fsp3) is 0.222.